The molecular formula is C23H32N2O4S. The molecule has 0 aliphatic heterocycles. The molecule has 6 nitrogen and oxygen atoms in total. The van der Waals surface area contributed by atoms with Crippen molar-refractivity contribution in [3.63, 3.8) is 0 Å². The monoisotopic (exact) mass is 432 g/mol. The molecule has 164 valence electrons. The Labute approximate surface area is 180 Å². The van der Waals surface area contributed by atoms with E-state index in [0.717, 1.165) is 12.0 Å². The molecule has 0 saturated carbocycles. The highest BCUT2D eigenvalue weighted by molar-refractivity contribution is 7.89. The van der Waals surface area contributed by atoms with E-state index in [1.165, 1.54) is 31.9 Å². The highest BCUT2D eigenvalue weighted by Gasteiger charge is 2.23. The maximum absolute atomic E-state index is 13.0. The average molecular weight is 433 g/mol. The molecule has 0 aromatic heterocycles. The summed E-state index contributed by atoms with van der Waals surface area (Å²) >= 11 is 0. The lowest BCUT2D eigenvalue weighted by atomic mass is 9.92. The van der Waals surface area contributed by atoms with Crippen LogP contribution in [0.4, 0.5) is 0 Å². The van der Waals surface area contributed by atoms with E-state index < -0.39 is 10.0 Å². The van der Waals surface area contributed by atoms with Crippen LogP contribution in [0.3, 0.4) is 0 Å². The van der Waals surface area contributed by atoms with Gasteiger partial charge in [0.1, 0.15) is 10.6 Å². The molecule has 0 saturated heterocycles. The lowest BCUT2D eigenvalue weighted by Gasteiger charge is -2.24. The van der Waals surface area contributed by atoms with Crippen LogP contribution in [0.15, 0.2) is 47.4 Å². The number of hydrogen-bond acceptors (Lipinski definition) is 4. The molecule has 2 rings (SSSR count). The van der Waals surface area contributed by atoms with Crippen molar-refractivity contribution in [2.45, 2.75) is 51.0 Å². The minimum absolute atomic E-state index is 0.0702. The van der Waals surface area contributed by atoms with Gasteiger partial charge in [0.25, 0.3) is 5.91 Å². The van der Waals surface area contributed by atoms with Gasteiger partial charge in [-0.2, -0.15) is 0 Å². The van der Waals surface area contributed by atoms with Gasteiger partial charge in [-0.15, -0.1) is 0 Å². The molecule has 0 bridgehead atoms. The second-order valence-electron chi connectivity index (χ2n) is 7.74. The molecule has 1 amide bonds. The summed E-state index contributed by atoms with van der Waals surface area (Å²) in [5.74, 6) is 0.483. The molecule has 0 heterocycles. The van der Waals surface area contributed by atoms with Gasteiger partial charge in [-0.1, -0.05) is 52.0 Å². The molecule has 2 N–H and O–H groups in total. The van der Waals surface area contributed by atoms with E-state index in [0.29, 0.717) is 5.92 Å². The number of ether oxygens (including phenoxy) is 1. The van der Waals surface area contributed by atoms with Crippen molar-refractivity contribution in [1.29, 1.82) is 0 Å². The normalized spacial score (nSPS) is 13.7. The van der Waals surface area contributed by atoms with Gasteiger partial charge in [-0.3, -0.25) is 4.79 Å². The first kappa shape index (κ1) is 23.9. The Morgan fingerprint density at radius 3 is 2.13 bits per heavy atom. The molecular weight excluding hydrogens is 400 g/mol. The van der Waals surface area contributed by atoms with Crippen molar-refractivity contribution < 1.29 is 17.9 Å². The van der Waals surface area contributed by atoms with E-state index in [-0.39, 0.29) is 34.1 Å². The third kappa shape index (κ3) is 5.40. The van der Waals surface area contributed by atoms with Crippen molar-refractivity contribution in [1.82, 2.24) is 10.0 Å². The van der Waals surface area contributed by atoms with Crippen LogP contribution in [-0.4, -0.2) is 28.5 Å². The van der Waals surface area contributed by atoms with Gasteiger partial charge in [0.05, 0.1) is 13.2 Å². The molecule has 0 fully saturated rings. The van der Waals surface area contributed by atoms with Crippen LogP contribution < -0.4 is 14.8 Å². The molecule has 30 heavy (non-hydrogen) atoms. The van der Waals surface area contributed by atoms with Crippen molar-refractivity contribution >= 4 is 15.9 Å². The summed E-state index contributed by atoms with van der Waals surface area (Å²) in [4.78, 5) is 12.9. The minimum Gasteiger partial charge on any atom is -0.495 e. The first-order valence-electron chi connectivity index (χ1n) is 10.2. The highest BCUT2D eigenvalue weighted by Crippen LogP contribution is 2.27. The van der Waals surface area contributed by atoms with Crippen LogP contribution in [0.2, 0.25) is 0 Å². The lowest BCUT2D eigenvalue weighted by Crippen LogP contribution is -2.32. The molecule has 0 radical (unpaired) electrons. The Morgan fingerprint density at radius 2 is 1.63 bits per heavy atom. The topological polar surface area (TPSA) is 84.5 Å². The zero-order chi connectivity index (χ0) is 22.5. The van der Waals surface area contributed by atoms with Gasteiger partial charge >= 0.3 is 0 Å². The first-order valence-corrected chi connectivity index (χ1v) is 11.6. The summed E-state index contributed by atoms with van der Waals surface area (Å²) in [6.45, 7) is 8.43. The van der Waals surface area contributed by atoms with Crippen molar-refractivity contribution in [3.8, 4) is 5.75 Å². The van der Waals surface area contributed by atoms with Crippen molar-refractivity contribution in [2.24, 2.45) is 5.92 Å². The van der Waals surface area contributed by atoms with E-state index in [2.05, 4.69) is 48.2 Å². The van der Waals surface area contributed by atoms with Gasteiger partial charge in [-0.05, 0) is 54.6 Å². The summed E-state index contributed by atoms with van der Waals surface area (Å²) < 4.78 is 32.0. The van der Waals surface area contributed by atoms with Crippen LogP contribution in [-0.2, 0) is 10.0 Å². The second-order valence-corrected chi connectivity index (χ2v) is 9.60. The zero-order valence-corrected chi connectivity index (χ0v) is 19.3. The maximum Gasteiger partial charge on any atom is 0.251 e. The quantitative estimate of drug-likeness (QED) is 0.621. The number of hydrogen-bond donors (Lipinski definition) is 2. The van der Waals surface area contributed by atoms with Crippen LogP contribution in [0.1, 0.15) is 67.6 Å². The fraction of sp³-hybridized carbons (Fsp3) is 0.435. The average Bonchev–Trinajstić information content (AvgIpc) is 2.76. The van der Waals surface area contributed by atoms with E-state index >= 15 is 0 Å². The minimum atomic E-state index is -3.76. The van der Waals surface area contributed by atoms with Gasteiger partial charge in [-0.25, -0.2) is 13.1 Å². The summed E-state index contributed by atoms with van der Waals surface area (Å²) in [5.41, 5.74) is 2.54. The fourth-order valence-electron chi connectivity index (χ4n) is 3.26. The number of rotatable bonds is 9. The van der Waals surface area contributed by atoms with Gasteiger partial charge in [0.2, 0.25) is 10.0 Å². The summed E-state index contributed by atoms with van der Waals surface area (Å²) in [5, 5.41) is 3.05. The fourth-order valence-corrected chi connectivity index (χ4v) is 4.18. The second kappa shape index (κ2) is 10.1. The summed E-state index contributed by atoms with van der Waals surface area (Å²) in [6.07, 6.45) is 1.07. The lowest BCUT2D eigenvalue weighted by molar-refractivity contribution is 0.0925. The van der Waals surface area contributed by atoms with Crippen LogP contribution >= 0.6 is 0 Å². The Bertz CT molecular complexity index is 969. The van der Waals surface area contributed by atoms with E-state index in [1.807, 2.05) is 13.8 Å². The van der Waals surface area contributed by atoms with E-state index in [1.54, 1.807) is 6.07 Å². The number of methoxy groups -OCH3 is 1. The summed E-state index contributed by atoms with van der Waals surface area (Å²) in [6, 6.07) is 12.5. The smallest absolute Gasteiger partial charge is 0.251 e. The number of amides is 1. The molecule has 2 unspecified atom stereocenters. The van der Waals surface area contributed by atoms with Crippen LogP contribution in [0.5, 0.6) is 5.75 Å². The predicted molar refractivity (Wildman–Crippen MR) is 119 cm³/mol. The Morgan fingerprint density at radius 1 is 1.03 bits per heavy atom. The Hall–Kier alpha value is -2.38. The van der Waals surface area contributed by atoms with Crippen molar-refractivity contribution in [3.05, 3.63) is 59.2 Å². The molecule has 2 atom stereocenters. The number of carbonyl (C=O) groups excluding carboxylic acids is 1. The van der Waals surface area contributed by atoms with Crippen LogP contribution in [0.25, 0.3) is 0 Å². The third-order valence-corrected chi connectivity index (χ3v) is 6.85. The number of benzene rings is 2. The first-order chi connectivity index (χ1) is 14.1. The SMILES string of the molecule is CCC(C)c1ccc(C(NC(=O)c2ccc(OC)c(S(=O)(=O)NC)c2)C(C)C)cc1. The number of carbonyl (C=O) groups is 1. The molecule has 0 aliphatic rings. The Balaban J connectivity index is 2.32. The van der Waals surface area contributed by atoms with Gasteiger partial charge in [0.15, 0.2) is 0 Å². The predicted octanol–water partition coefficient (Wildman–Crippen LogP) is 4.24. The van der Waals surface area contributed by atoms with Gasteiger partial charge in [0, 0.05) is 5.56 Å². The highest BCUT2D eigenvalue weighted by atomic mass is 32.2. The van der Waals surface area contributed by atoms with E-state index in [4.69, 9.17) is 4.74 Å². The zero-order valence-electron chi connectivity index (χ0n) is 18.5. The standard InChI is InChI=1S/C23H32N2O4S/c1-7-16(4)17-8-10-18(11-9-17)22(15(2)3)25-23(26)19-12-13-20(29-6)21(14-19)30(27,28)24-5/h8-16,22,24H,7H2,1-6H3,(H,25,26). The summed E-state index contributed by atoms with van der Waals surface area (Å²) in [7, 11) is -1.06. The van der Waals surface area contributed by atoms with Gasteiger partial charge < -0.3 is 10.1 Å². The largest absolute Gasteiger partial charge is 0.495 e. The number of sulfonamides is 1. The number of nitrogens with one attached hydrogen (secondary N) is 2. The molecule has 0 spiro atoms. The maximum atomic E-state index is 13.0. The van der Waals surface area contributed by atoms with Crippen LogP contribution in [0, 0.1) is 5.92 Å². The third-order valence-electron chi connectivity index (χ3n) is 5.41. The molecule has 2 aromatic carbocycles. The molecule has 7 heteroatoms. The Kier molecular flexibility index (Phi) is 8.03. The molecule has 2 aromatic rings. The van der Waals surface area contributed by atoms with E-state index in [9.17, 15) is 13.2 Å². The molecule has 0 aliphatic carbocycles. The van der Waals surface area contributed by atoms with Crippen molar-refractivity contribution in [2.75, 3.05) is 14.2 Å².